The zero-order valence-corrected chi connectivity index (χ0v) is 14.1. The first-order valence-electron chi connectivity index (χ1n) is 7.61. The summed E-state index contributed by atoms with van der Waals surface area (Å²) in [5.41, 5.74) is 0.356. The second kappa shape index (κ2) is 7.08. The monoisotopic (exact) mass is 363 g/mol. The van der Waals surface area contributed by atoms with Crippen LogP contribution in [0.25, 0.3) is 0 Å². The standard InChI is InChI=1S/C16H17N3O5S/c20-16(21)12-1-4-14(5-2-12)25(22,23)18-13-3-6-15(17-11-13)19-7-9-24-10-8-19/h1-6,11,18H,7-10H2,(H,20,21). The van der Waals surface area contributed by atoms with Crippen LogP contribution in [0.3, 0.4) is 0 Å². The molecule has 1 aromatic carbocycles. The van der Waals surface area contributed by atoms with Crippen molar-refractivity contribution in [2.45, 2.75) is 4.90 Å². The number of aromatic carboxylic acids is 1. The number of hydrogen-bond acceptors (Lipinski definition) is 6. The first-order chi connectivity index (χ1) is 12.0. The lowest BCUT2D eigenvalue weighted by atomic mass is 10.2. The summed E-state index contributed by atoms with van der Waals surface area (Å²) in [7, 11) is -3.81. The molecule has 0 radical (unpaired) electrons. The maximum absolute atomic E-state index is 12.4. The van der Waals surface area contributed by atoms with Gasteiger partial charge in [0.05, 0.1) is 35.6 Å². The number of carbonyl (C=O) groups is 1. The van der Waals surface area contributed by atoms with Crippen LogP contribution >= 0.6 is 0 Å². The highest BCUT2D eigenvalue weighted by molar-refractivity contribution is 7.92. The second-order valence-electron chi connectivity index (χ2n) is 5.44. The molecule has 0 saturated carbocycles. The topological polar surface area (TPSA) is 109 Å². The summed E-state index contributed by atoms with van der Waals surface area (Å²) in [5.74, 6) is -0.350. The predicted molar refractivity (Wildman–Crippen MR) is 91.5 cm³/mol. The van der Waals surface area contributed by atoms with Gasteiger partial charge in [-0.2, -0.15) is 0 Å². The number of pyridine rings is 1. The molecule has 1 aliphatic rings. The average molecular weight is 363 g/mol. The van der Waals surface area contributed by atoms with E-state index in [1.807, 2.05) is 0 Å². The number of nitrogens with zero attached hydrogens (tertiary/aromatic N) is 2. The largest absolute Gasteiger partial charge is 0.478 e. The number of nitrogens with one attached hydrogen (secondary N) is 1. The van der Waals surface area contributed by atoms with Crippen LogP contribution in [-0.4, -0.2) is 50.8 Å². The average Bonchev–Trinajstić information content (AvgIpc) is 2.63. The van der Waals surface area contributed by atoms with Crippen molar-refractivity contribution in [1.82, 2.24) is 4.98 Å². The number of sulfonamides is 1. The van der Waals surface area contributed by atoms with E-state index < -0.39 is 16.0 Å². The molecule has 2 N–H and O–H groups in total. The summed E-state index contributed by atoms with van der Waals surface area (Å²) in [6.07, 6.45) is 1.45. The van der Waals surface area contributed by atoms with Gasteiger partial charge in [0.2, 0.25) is 0 Å². The fourth-order valence-corrected chi connectivity index (χ4v) is 3.46. The van der Waals surface area contributed by atoms with Gasteiger partial charge in [-0.05, 0) is 36.4 Å². The highest BCUT2D eigenvalue weighted by Crippen LogP contribution is 2.19. The Bertz CT molecular complexity index is 844. The molecule has 9 heteroatoms. The second-order valence-corrected chi connectivity index (χ2v) is 7.12. The maximum Gasteiger partial charge on any atom is 0.335 e. The van der Waals surface area contributed by atoms with E-state index in [2.05, 4.69) is 14.6 Å². The van der Waals surface area contributed by atoms with E-state index in [0.717, 1.165) is 18.9 Å². The summed E-state index contributed by atoms with van der Waals surface area (Å²) >= 11 is 0. The van der Waals surface area contributed by atoms with E-state index in [-0.39, 0.29) is 10.5 Å². The van der Waals surface area contributed by atoms with Gasteiger partial charge in [0.15, 0.2) is 0 Å². The van der Waals surface area contributed by atoms with Gasteiger partial charge in [0.1, 0.15) is 5.82 Å². The Morgan fingerprint density at radius 1 is 1.12 bits per heavy atom. The molecule has 25 heavy (non-hydrogen) atoms. The third-order valence-electron chi connectivity index (χ3n) is 3.75. The molecule has 0 unspecified atom stereocenters. The van der Waals surface area contributed by atoms with Crippen molar-refractivity contribution in [2.24, 2.45) is 0 Å². The quantitative estimate of drug-likeness (QED) is 0.827. The number of aromatic nitrogens is 1. The number of carboxylic acid groups (broad SMARTS) is 1. The number of ether oxygens (including phenoxy) is 1. The van der Waals surface area contributed by atoms with Gasteiger partial charge in [-0.1, -0.05) is 0 Å². The van der Waals surface area contributed by atoms with Crippen molar-refractivity contribution in [2.75, 3.05) is 35.9 Å². The number of anilines is 2. The van der Waals surface area contributed by atoms with Crippen LogP contribution in [0.15, 0.2) is 47.5 Å². The van der Waals surface area contributed by atoms with E-state index in [0.29, 0.717) is 18.9 Å². The van der Waals surface area contributed by atoms with Crippen molar-refractivity contribution in [3.8, 4) is 0 Å². The van der Waals surface area contributed by atoms with Crippen molar-refractivity contribution in [3.05, 3.63) is 48.2 Å². The summed E-state index contributed by atoms with van der Waals surface area (Å²) in [6.45, 7) is 2.77. The minimum absolute atomic E-state index is 0.0187. The van der Waals surface area contributed by atoms with Crippen LogP contribution in [0.5, 0.6) is 0 Å². The molecule has 0 amide bonds. The minimum atomic E-state index is -3.81. The fraction of sp³-hybridized carbons (Fsp3) is 0.250. The Kier molecular flexibility index (Phi) is 4.86. The highest BCUT2D eigenvalue weighted by Gasteiger charge is 2.16. The molecular weight excluding hydrogens is 346 g/mol. The molecule has 3 rings (SSSR count). The molecular formula is C16H17N3O5S. The van der Waals surface area contributed by atoms with Crippen molar-refractivity contribution >= 4 is 27.5 Å². The Morgan fingerprint density at radius 2 is 1.80 bits per heavy atom. The normalized spacial score (nSPS) is 15.0. The lowest BCUT2D eigenvalue weighted by Gasteiger charge is -2.27. The number of hydrogen-bond donors (Lipinski definition) is 2. The first kappa shape index (κ1) is 17.2. The van der Waals surface area contributed by atoms with Gasteiger partial charge in [-0.25, -0.2) is 18.2 Å². The highest BCUT2D eigenvalue weighted by atomic mass is 32.2. The van der Waals surface area contributed by atoms with Crippen LogP contribution in [0, 0.1) is 0 Å². The molecule has 0 bridgehead atoms. The number of benzene rings is 1. The molecule has 1 saturated heterocycles. The summed E-state index contributed by atoms with van der Waals surface area (Å²) in [4.78, 5) is 17.2. The first-order valence-corrected chi connectivity index (χ1v) is 9.09. The SMILES string of the molecule is O=C(O)c1ccc(S(=O)(=O)Nc2ccc(N3CCOCC3)nc2)cc1. The smallest absolute Gasteiger partial charge is 0.335 e. The van der Waals surface area contributed by atoms with Crippen LogP contribution in [0.1, 0.15) is 10.4 Å². The van der Waals surface area contributed by atoms with Crippen LogP contribution < -0.4 is 9.62 Å². The predicted octanol–water partition coefficient (Wildman–Crippen LogP) is 1.42. The van der Waals surface area contributed by atoms with Gasteiger partial charge < -0.3 is 14.7 Å². The minimum Gasteiger partial charge on any atom is -0.478 e. The Balaban J connectivity index is 1.73. The molecule has 0 aliphatic carbocycles. The Hall–Kier alpha value is -2.65. The Labute approximate surface area is 145 Å². The summed E-state index contributed by atoms with van der Waals surface area (Å²) in [6, 6.07) is 8.38. The summed E-state index contributed by atoms with van der Waals surface area (Å²) < 4.78 is 32.4. The maximum atomic E-state index is 12.4. The third-order valence-corrected chi connectivity index (χ3v) is 5.14. The van der Waals surface area contributed by atoms with E-state index >= 15 is 0 Å². The zero-order chi connectivity index (χ0) is 17.9. The third kappa shape index (κ3) is 4.06. The molecule has 1 fully saturated rings. The van der Waals surface area contributed by atoms with Crippen molar-refractivity contribution in [3.63, 3.8) is 0 Å². The number of rotatable bonds is 5. The van der Waals surface area contributed by atoms with Crippen LogP contribution in [0.2, 0.25) is 0 Å². The molecule has 0 atom stereocenters. The van der Waals surface area contributed by atoms with E-state index in [4.69, 9.17) is 9.84 Å². The van der Waals surface area contributed by atoms with E-state index in [1.165, 1.54) is 30.5 Å². The van der Waals surface area contributed by atoms with Gasteiger partial charge in [-0.3, -0.25) is 4.72 Å². The van der Waals surface area contributed by atoms with Gasteiger partial charge in [-0.15, -0.1) is 0 Å². The molecule has 2 aromatic rings. The van der Waals surface area contributed by atoms with Crippen LogP contribution in [0.4, 0.5) is 11.5 Å². The Morgan fingerprint density at radius 3 is 2.36 bits per heavy atom. The summed E-state index contributed by atoms with van der Waals surface area (Å²) in [5, 5.41) is 8.86. The molecule has 8 nitrogen and oxygen atoms in total. The fourth-order valence-electron chi connectivity index (χ4n) is 2.42. The van der Waals surface area contributed by atoms with Crippen molar-refractivity contribution in [1.29, 1.82) is 0 Å². The molecule has 1 aliphatic heterocycles. The molecule has 132 valence electrons. The lowest BCUT2D eigenvalue weighted by Crippen LogP contribution is -2.36. The number of carboxylic acids is 1. The number of morpholine rings is 1. The zero-order valence-electron chi connectivity index (χ0n) is 13.3. The molecule has 2 heterocycles. The molecule has 1 aromatic heterocycles. The van der Waals surface area contributed by atoms with Crippen molar-refractivity contribution < 1.29 is 23.1 Å². The molecule has 0 spiro atoms. The lowest BCUT2D eigenvalue weighted by molar-refractivity contribution is 0.0696. The van der Waals surface area contributed by atoms with Gasteiger partial charge >= 0.3 is 5.97 Å². The van der Waals surface area contributed by atoms with Gasteiger partial charge in [0, 0.05) is 13.1 Å². The van der Waals surface area contributed by atoms with E-state index in [1.54, 1.807) is 12.1 Å². The van der Waals surface area contributed by atoms with Gasteiger partial charge in [0.25, 0.3) is 10.0 Å². The van der Waals surface area contributed by atoms with E-state index in [9.17, 15) is 13.2 Å². The van der Waals surface area contributed by atoms with Crippen LogP contribution in [-0.2, 0) is 14.8 Å².